The molecule has 0 spiro atoms. The molecule has 1 heterocycles. The zero-order valence-electron chi connectivity index (χ0n) is 20.0. The van der Waals surface area contributed by atoms with Gasteiger partial charge in [0.05, 0.1) is 23.4 Å². The van der Waals surface area contributed by atoms with Gasteiger partial charge in [0, 0.05) is 14.9 Å². The fourth-order valence-electron chi connectivity index (χ4n) is 3.44. The molecule has 1 amide bonds. The molecular formula is C25H24BrN3O6S2. The number of benzene rings is 3. The molecule has 0 saturated heterocycles. The van der Waals surface area contributed by atoms with Crippen molar-refractivity contribution in [2.24, 2.45) is 5.10 Å². The second kappa shape index (κ2) is 11.9. The van der Waals surface area contributed by atoms with Crippen molar-refractivity contribution < 1.29 is 27.4 Å². The molecule has 0 atom stereocenters. The maximum atomic E-state index is 13.6. The topological polar surface area (TPSA) is 107 Å². The zero-order chi connectivity index (χ0) is 26.4. The van der Waals surface area contributed by atoms with E-state index in [1.54, 1.807) is 48.5 Å². The minimum atomic E-state index is -4.06. The smallest absolute Gasteiger partial charge is 0.264 e. The van der Waals surface area contributed by atoms with Gasteiger partial charge in [0.15, 0.2) is 11.5 Å². The van der Waals surface area contributed by atoms with Gasteiger partial charge in [-0.2, -0.15) is 5.10 Å². The van der Waals surface area contributed by atoms with E-state index in [1.807, 2.05) is 13.2 Å². The van der Waals surface area contributed by atoms with Gasteiger partial charge in [-0.3, -0.25) is 9.10 Å². The summed E-state index contributed by atoms with van der Waals surface area (Å²) < 4.78 is 45.0. The fraction of sp³-hybridized carbons (Fsp3) is 0.200. The molecule has 1 aliphatic heterocycles. The Hall–Kier alpha value is -3.22. The summed E-state index contributed by atoms with van der Waals surface area (Å²) in [4.78, 5) is 13.8. The Bertz CT molecular complexity index is 1400. The molecule has 1 aliphatic rings. The van der Waals surface area contributed by atoms with Gasteiger partial charge in [0.2, 0.25) is 6.79 Å². The van der Waals surface area contributed by atoms with Crippen molar-refractivity contribution >= 4 is 55.5 Å². The van der Waals surface area contributed by atoms with Crippen LogP contribution in [0.1, 0.15) is 12.5 Å². The minimum absolute atomic E-state index is 0.0692. The van der Waals surface area contributed by atoms with Crippen molar-refractivity contribution in [2.45, 2.75) is 16.7 Å². The second-order valence-corrected chi connectivity index (χ2v) is 11.2. The molecule has 3 aromatic carbocycles. The molecule has 9 nitrogen and oxygen atoms in total. The first-order valence-corrected chi connectivity index (χ1v) is 14.6. The molecule has 4 rings (SSSR count). The van der Waals surface area contributed by atoms with E-state index in [9.17, 15) is 13.2 Å². The number of nitrogens with one attached hydrogen (secondary N) is 1. The summed E-state index contributed by atoms with van der Waals surface area (Å²) in [6, 6.07) is 16.5. The van der Waals surface area contributed by atoms with Gasteiger partial charge in [0.1, 0.15) is 12.3 Å². The first-order chi connectivity index (χ1) is 17.8. The van der Waals surface area contributed by atoms with Gasteiger partial charge >= 0.3 is 0 Å². The lowest BCUT2D eigenvalue weighted by atomic mass is 10.2. The van der Waals surface area contributed by atoms with Crippen molar-refractivity contribution in [3.8, 4) is 17.2 Å². The standard InChI is InChI=1S/C25H24BrN3O6S2/c1-3-33-19-6-4-18(5-7-19)29(37(31,32)21-10-8-20(36-2)9-11-21)15-25(30)28-27-14-17-12-23-24(13-22(17)26)35-16-34-23/h4-14H,3,15-16H2,1-2H3,(H,28,30)/b27-14-. The summed E-state index contributed by atoms with van der Waals surface area (Å²) in [7, 11) is -4.06. The second-order valence-electron chi connectivity index (χ2n) is 7.63. The Morgan fingerprint density at radius 3 is 2.46 bits per heavy atom. The predicted octanol–water partition coefficient (Wildman–Crippen LogP) is 4.64. The van der Waals surface area contributed by atoms with E-state index in [2.05, 4.69) is 26.5 Å². The van der Waals surface area contributed by atoms with Crippen LogP contribution in [0.25, 0.3) is 0 Å². The highest BCUT2D eigenvalue weighted by molar-refractivity contribution is 9.10. The van der Waals surface area contributed by atoms with E-state index >= 15 is 0 Å². The summed E-state index contributed by atoms with van der Waals surface area (Å²) >= 11 is 4.93. The maximum absolute atomic E-state index is 13.6. The number of halogens is 1. The van der Waals surface area contributed by atoms with Crippen LogP contribution >= 0.6 is 27.7 Å². The number of amides is 1. The molecule has 3 aromatic rings. The van der Waals surface area contributed by atoms with Crippen LogP contribution in [-0.4, -0.2) is 46.7 Å². The van der Waals surface area contributed by atoms with Gasteiger partial charge in [0.25, 0.3) is 15.9 Å². The lowest BCUT2D eigenvalue weighted by Crippen LogP contribution is -2.39. The van der Waals surface area contributed by atoms with Gasteiger partial charge in [-0.25, -0.2) is 13.8 Å². The highest BCUT2D eigenvalue weighted by atomic mass is 79.9. The van der Waals surface area contributed by atoms with E-state index in [1.165, 1.54) is 30.1 Å². The van der Waals surface area contributed by atoms with E-state index in [0.29, 0.717) is 39.6 Å². The average molecular weight is 607 g/mol. The van der Waals surface area contributed by atoms with E-state index in [0.717, 1.165) is 9.20 Å². The van der Waals surface area contributed by atoms with E-state index in [4.69, 9.17) is 14.2 Å². The third kappa shape index (κ3) is 6.38. The highest BCUT2D eigenvalue weighted by Gasteiger charge is 2.27. The Morgan fingerprint density at radius 1 is 1.14 bits per heavy atom. The number of thioether (sulfide) groups is 1. The molecular weight excluding hydrogens is 582 g/mol. The number of anilines is 1. The molecule has 1 N–H and O–H groups in total. The van der Waals surface area contributed by atoms with Crippen LogP contribution < -0.4 is 23.9 Å². The molecule has 0 fully saturated rings. The van der Waals surface area contributed by atoms with Crippen LogP contribution in [0.2, 0.25) is 0 Å². The number of carbonyl (C=O) groups is 1. The monoisotopic (exact) mass is 605 g/mol. The SMILES string of the molecule is CCOc1ccc(N(CC(=O)N/N=C\c2cc3c(cc2Br)OCO3)S(=O)(=O)c2ccc(SC)cc2)cc1. The summed E-state index contributed by atoms with van der Waals surface area (Å²) in [5.41, 5.74) is 3.37. The number of hydrogen-bond acceptors (Lipinski definition) is 8. The first kappa shape index (κ1) is 26.8. The molecule has 0 aliphatic carbocycles. The van der Waals surface area contributed by atoms with Crippen LogP contribution in [0.3, 0.4) is 0 Å². The number of sulfonamides is 1. The Labute approximate surface area is 228 Å². The molecule has 37 heavy (non-hydrogen) atoms. The van der Waals surface area contributed by atoms with Crippen molar-refractivity contribution in [3.05, 3.63) is 70.7 Å². The first-order valence-electron chi connectivity index (χ1n) is 11.1. The molecule has 194 valence electrons. The van der Waals surface area contributed by atoms with Crippen LogP contribution in [0.4, 0.5) is 5.69 Å². The van der Waals surface area contributed by atoms with Crippen molar-refractivity contribution in [3.63, 3.8) is 0 Å². The average Bonchev–Trinajstić information content (AvgIpc) is 3.35. The Morgan fingerprint density at radius 2 is 1.81 bits per heavy atom. The minimum Gasteiger partial charge on any atom is -0.494 e. The number of rotatable bonds is 10. The number of carbonyl (C=O) groups excluding carboxylic acids is 1. The van der Waals surface area contributed by atoms with Crippen molar-refractivity contribution in [1.29, 1.82) is 0 Å². The lowest BCUT2D eigenvalue weighted by Gasteiger charge is -2.24. The number of ether oxygens (including phenoxy) is 3. The third-order valence-corrected chi connectivity index (χ3v) is 8.47. The zero-order valence-corrected chi connectivity index (χ0v) is 23.2. The van der Waals surface area contributed by atoms with Crippen LogP contribution in [0.15, 0.2) is 80.0 Å². The van der Waals surface area contributed by atoms with Gasteiger partial charge in [-0.15, -0.1) is 11.8 Å². The third-order valence-electron chi connectivity index (χ3n) is 5.26. The Balaban J connectivity index is 1.55. The number of hydrazone groups is 1. The number of nitrogens with zero attached hydrogens (tertiary/aromatic N) is 2. The molecule has 12 heteroatoms. The largest absolute Gasteiger partial charge is 0.494 e. The van der Waals surface area contributed by atoms with Gasteiger partial charge in [-0.1, -0.05) is 0 Å². The number of fused-ring (bicyclic) bond motifs is 1. The van der Waals surface area contributed by atoms with Gasteiger partial charge < -0.3 is 14.2 Å². The number of hydrogen-bond donors (Lipinski definition) is 1. The summed E-state index contributed by atoms with van der Waals surface area (Å²) in [5.74, 6) is 1.15. The molecule has 0 saturated carbocycles. The summed E-state index contributed by atoms with van der Waals surface area (Å²) in [6.07, 6.45) is 3.34. The molecule has 0 unspecified atom stereocenters. The molecule has 0 aromatic heterocycles. The highest BCUT2D eigenvalue weighted by Crippen LogP contribution is 2.36. The summed E-state index contributed by atoms with van der Waals surface area (Å²) in [5, 5.41) is 4.00. The fourth-order valence-corrected chi connectivity index (χ4v) is 5.69. The Kier molecular flexibility index (Phi) is 8.62. The van der Waals surface area contributed by atoms with Crippen LogP contribution in [-0.2, 0) is 14.8 Å². The normalized spacial score (nSPS) is 12.5. The van der Waals surface area contributed by atoms with E-state index < -0.39 is 22.5 Å². The van der Waals surface area contributed by atoms with E-state index in [-0.39, 0.29) is 11.7 Å². The molecule has 0 radical (unpaired) electrons. The van der Waals surface area contributed by atoms with Crippen molar-refractivity contribution in [1.82, 2.24) is 5.43 Å². The summed E-state index contributed by atoms with van der Waals surface area (Å²) in [6.45, 7) is 1.98. The van der Waals surface area contributed by atoms with Crippen molar-refractivity contribution in [2.75, 3.05) is 30.5 Å². The quantitative estimate of drug-likeness (QED) is 0.204. The van der Waals surface area contributed by atoms with Crippen LogP contribution in [0, 0.1) is 0 Å². The predicted molar refractivity (Wildman–Crippen MR) is 146 cm³/mol. The maximum Gasteiger partial charge on any atom is 0.264 e. The van der Waals surface area contributed by atoms with Crippen LogP contribution in [0.5, 0.6) is 17.2 Å². The molecule has 0 bridgehead atoms. The lowest BCUT2D eigenvalue weighted by molar-refractivity contribution is -0.119. The van der Waals surface area contributed by atoms with Gasteiger partial charge in [-0.05, 0) is 89.8 Å².